The van der Waals surface area contributed by atoms with Crippen molar-refractivity contribution in [1.82, 2.24) is 4.90 Å². The first-order chi connectivity index (χ1) is 18.1. The Kier molecular flexibility index (Phi) is 8.43. The Labute approximate surface area is 230 Å². The molecule has 5 atom stereocenters. The van der Waals surface area contributed by atoms with E-state index in [1.165, 1.54) is 4.90 Å². The van der Waals surface area contributed by atoms with Crippen molar-refractivity contribution in [1.29, 1.82) is 0 Å². The van der Waals surface area contributed by atoms with Gasteiger partial charge in [0, 0.05) is 23.5 Å². The van der Waals surface area contributed by atoms with Crippen LogP contribution in [-0.2, 0) is 19.1 Å². The zero-order chi connectivity index (χ0) is 27.7. The Bertz CT molecular complexity index is 1120. The van der Waals surface area contributed by atoms with Crippen LogP contribution in [0.1, 0.15) is 50.2 Å². The summed E-state index contributed by atoms with van der Waals surface area (Å²) in [6, 6.07) is 5.18. The number of ether oxygens (including phenoxy) is 1. The van der Waals surface area contributed by atoms with Crippen molar-refractivity contribution >= 4 is 35.2 Å². The highest BCUT2D eigenvalue weighted by molar-refractivity contribution is 8.02. The molecular weight excluding hydrogens is 500 g/mol. The number of likely N-dealkylation sites (tertiary alicyclic amines) is 1. The van der Waals surface area contributed by atoms with Gasteiger partial charge >= 0.3 is 5.97 Å². The van der Waals surface area contributed by atoms with Crippen LogP contribution >= 0.6 is 11.8 Å². The van der Waals surface area contributed by atoms with E-state index in [0.29, 0.717) is 19.6 Å². The number of thioether (sulfide) groups is 1. The number of carbonyl (C=O) groups excluding carboxylic acids is 3. The monoisotopic (exact) mass is 540 g/mol. The van der Waals surface area contributed by atoms with Crippen molar-refractivity contribution in [3.8, 4) is 0 Å². The van der Waals surface area contributed by atoms with Crippen molar-refractivity contribution in [2.75, 3.05) is 31.2 Å². The maximum atomic E-state index is 14.5. The van der Waals surface area contributed by atoms with Crippen LogP contribution in [0.25, 0.3) is 0 Å². The number of anilines is 1. The van der Waals surface area contributed by atoms with Gasteiger partial charge in [0.2, 0.25) is 5.91 Å². The van der Waals surface area contributed by atoms with E-state index < -0.39 is 27.4 Å². The van der Waals surface area contributed by atoms with E-state index in [0.717, 1.165) is 42.5 Å². The first kappa shape index (κ1) is 28.4. The predicted octanol–water partition coefficient (Wildman–Crippen LogP) is 4.20. The van der Waals surface area contributed by atoms with Crippen molar-refractivity contribution in [2.45, 2.75) is 68.4 Å². The molecule has 1 spiro atoms. The van der Waals surface area contributed by atoms with E-state index >= 15 is 0 Å². The zero-order valence-corrected chi connectivity index (χ0v) is 23.6. The summed E-state index contributed by atoms with van der Waals surface area (Å²) in [5, 5.41) is 9.89. The number of aliphatic hydroxyl groups is 1. The second kappa shape index (κ2) is 11.3. The van der Waals surface area contributed by atoms with Gasteiger partial charge in [-0.15, -0.1) is 24.9 Å². The molecule has 8 heteroatoms. The molecule has 0 aliphatic carbocycles. The molecule has 3 aliphatic rings. The first-order valence-electron chi connectivity index (χ1n) is 13.5. The topological polar surface area (TPSA) is 87.1 Å². The van der Waals surface area contributed by atoms with E-state index in [-0.39, 0.29) is 30.9 Å². The molecule has 1 N–H and O–H groups in total. The van der Waals surface area contributed by atoms with E-state index in [1.54, 1.807) is 22.7 Å². The first-order valence-corrected chi connectivity index (χ1v) is 14.4. The van der Waals surface area contributed by atoms with Crippen molar-refractivity contribution < 1.29 is 24.2 Å². The van der Waals surface area contributed by atoms with Crippen LogP contribution in [0.4, 0.5) is 5.69 Å². The summed E-state index contributed by atoms with van der Waals surface area (Å²) < 4.78 is 4.47. The lowest BCUT2D eigenvalue weighted by atomic mass is 9.66. The van der Waals surface area contributed by atoms with Crippen LogP contribution in [0.2, 0.25) is 0 Å². The largest absolute Gasteiger partial charge is 0.465 e. The maximum absolute atomic E-state index is 14.5. The van der Waals surface area contributed by atoms with Gasteiger partial charge in [-0.25, -0.2) is 0 Å². The zero-order valence-electron chi connectivity index (χ0n) is 22.8. The van der Waals surface area contributed by atoms with Crippen molar-refractivity contribution in [3.05, 3.63) is 54.6 Å². The van der Waals surface area contributed by atoms with E-state index in [1.807, 2.05) is 45.0 Å². The van der Waals surface area contributed by atoms with Gasteiger partial charge in [-0.2, -0.15) is 0 Å². The fourth-order valence-corrected chi connectivity index (χ4v) is 9.00. The number of benzene rings is 1. The van der Waals surface area contributed by atoms with E-state index in [9.17, 15) is 19.5 Å². The smallest absolute Gasteiger partial charge is 0.311 e. The Balaban J connectivity index is 1.70. The van der Waals surface area contributed by atoms with Crippen LogP contribution in [-0.4, -0.2) is 69.6 Å². The normalized spacial score (nSPS) is 29.3. The molecule has 2 amide bonds. The molecule has 38 heavy (non-hydrogen) atoms. The van der Waals surface area contributed by atoms with Gasteiger partial charge in [0.15, 0.2) is 0 Å². The second-order valence-corrected chi connectivity index (χ2v) is 12.9. The van der Waals surface area contributed by atoms with Crippen LogP contribution in [0.15, 0.2) is 43.5 Å². The number of carbonyl (C=O) groups is 3. The highest BCUT2D eigenvalue weighted by Crippen LogP contribution is 2.71. The Morgan fingerprint density at radius 2 is 2.00 bits per heavy atom. The molecule has 0 saturated carbocycles. The third-order valence-electron chi connectivity index (χ3n) is 8.39. The van der Waals surface area contributed by atoms with Crippen molar-refractivity contribution in [3.63, 3.8) is 0 Å². The number of hydrogen-bond donors (Lipinski definition) is 1. The standard InChI is InChI=1S/C30H40N2O5S/c1-6-8-9-10-18-37-28(36)24-23-26(34)32(16-17-33)25(30(23)14-13-29(24,5)38-30)27(35)31(15-7-2)22-19-20(3)11-12-21(22)4/h6-7,11-12,19,23-25,33H,1-2,8-10,13-18H2,3-5H3/t23-,24-,25?,29+,30?/m0/s1. The fraction of sp³-hybridized carbons (Fsp3) is 0.567. The highest BCUT2D eigenvalue weighted by atomic mass is 32.2. The van der Waals surface area contributed by atoms with Crippen LogP contribution in [0.3, 0.4) is 0 Å². The summed E-state index contributed by atoms with van der Waals surface area (Å²) in [4.78, 5) is 45.1. The molecule has 0 aromatic heterocycles. The molecule has 206 valence electrons. The maximum Gasteiger partial charge on any atom is 0.311 e. The molecule has 1 aromatic rings. The lowest BCUT2D eigenvalue weighted by Gasteiger charge is -2.37. The second-order valence-electron chi connectivity index (χ2n) is 11.0. The number of fused-ring (bicyclic) bond motifs is 1. The number of β-amino-alcohol motifs (C(OH)–C–C–N with tert-alkyl or cyclic N) is 1. The van der Waals surface area contributed by atoms with Gasteiger partial charge in [-0.1, -0.05) is 24.3 Å². The average molecular weight is 541 g/mol. The Morgan fingerprint density at radius 1 is 1.24 bits per heavy atom. The number of aryl methyl sites for hydroxylation is 2. The van der Waals surface area contributed by atoms with Crippen LogP contribution < -0.4 is 4.90 Å². The molecule has 3 fully saturated rings. The third kappa shape index (κ3) is 4.70. The molecule has 3 saturated heterocycles. The van der Waals surface area contributed by atoms with Crippen LogP contribution in [0, 0.1) is 25.7 Å². The van der Waals surface area contributed by atoms with Gasteiger partial charge in [0.05, 0.1) is 29.8 Å². The van der Waals surface area contributed by atoms with Crippen molar-refractivity contribution in [2.24, 2.45) is 11.8 Å². The summed E-state index contributed by atoms with van der Waals surface area (Å²) in [7, 11) is 0. The molecular formula is C30H40N2O5S. The molecule has 0 radical (unpaired) electrons. The number of unbranched alkanes of at least 4 members (excludes halogenated alkanes) is 2. The van der Waals surface area contributed by atoms with E-state index in [4.69, 9.17) is 4.74 Å². The number of rotatable bonds is 12. The van der Waals surface area contributed by atoms with Gasteiger partial charge < -0.3 is 19.6 Å². The lowest BCUT2D eigenvalue weighted by molar-refractivity contribution is -0.155. The highest BCUT2D eigenvalue weighted by Gasteiger charge is 2.77. The van der Waals surface area contributed by atoms with Gasteiger partial charge in [-0.3, -0.25) is 14.4 Å². The predicted molar refractivity (Wildman–Crippen MR) is 151 cm³/mol. The summed E-state index contributed by atoms with van der Waals surface area (Å²) in [6.07, 6.45) is 7.40. The number of allylic oxidation sites excluding steroid dienone is 1. The minimum atomic E-state index is -0.788. The molecule has 2 bridgehead atoms. The SMILES string of the molecule is C=CCCCCOC(=O)[C@@H]1[C@H]2C(=O)N(CCO)C(C(=O)N(CC=C)c3cc(C)ccc3C)C23CC[C@@]1(C)S3. The molecule has 4 rings (SSSR count). The molecule has 2 unspecified atom stereocenters. The summed E-state index contributed by atoms with van der Waals surface area (Å²) in [6.45, 7) is 14.0. The number of esters is 1. The Hall–Kier alpha value is -2.58. The summed E-state index contributed by atoms with van der Waals surface area (Å²) in [5.41, 5.74) is 2.76. The number of amides is 2. The number of nitrogens with zero attached hydrogens (tertiary/aromatic N) is 2. The summed E-state index contributed by atoms with van der Waals surface area (Å²) >= 11 is 1.61. The molecule has 3 aliphatic heterocycles. The fourth-order valence-electron chi connectivity index (χ4n) is 6.66. The Morgan fingerprint density at radius 3 is 2.68 bits per heavy atom. The van der Waals surface area contributed by atoms with Gasteiger partial charge in [0.25, 0.3) is 5.91 Å². The third-order valence-corrected chi connectivity index (χ3v) is 10.4. The minimum absolute atomic E-state index is 0.0445. The van der Waals surface area contributed by atoms with Crippen LogP contribution in [0.5, 0.6) is 0 Å². The minimum Gasteiger partial charge on any atom is -0.465 e. The number of aliphatic hydroxyl groups excluding tert-OH is 1. The molecule has 3 heterocycles. The van der Waals surface area contributed by atoms with E-state index in [2.05, 4.69) is 13.2 Å². The average Bonchev–Trinajstić information content (AvgIpc) is 3.45. The van der Waals surface area contributed by atoms with Gasteiger partial charge in [0.1, 0.15) is 6.04 Å². The quantitative estimate of drug-likeness (QED) is 0.243. The van der Waals surface area contributed by atoms with Gasteiger partial charge in [-0.05, 0) is 70.1 Å². The molecule has 7 nitrogen and oxygen atoms in total. The molecule has 1 aromatic carbocycles. The summed E-state index contributed by atoms with van der Waals surface area (Å²) in [5.74, 6) is -2.06. The number of hydrogen-bond acceptors (Lipinski definition) is 6. The lowest BCUT2D eigenvalue weighted by Crippen LogP contribution is -2.55.